The van der Waals surface area contributed by atoms with E-state index in [4.69, 9.17) is 9.84 Å². The number of aliphatic carboxylic acids is 1. The van der Waals surface area contributed by atoms with E-state index in [2.05, 4.69) is 5.32 Å². The van der Waals surface area contributed by atoms with E-state index in [9.17, 15) is 14.7 Å². The van der Waals surface area contributed by atoms with Crippen LogP contribution in [-0.4, -0.2) is 66.6 Å². The number of carbonyl (C=O) groups excluding carboxylic acids is 1. The first-order chi connectivity index (χ1) is 8.29. The topological polar surface area (TPSA) is 99.1 Å². The lowest BCUT2D eigenvalue weighted by molar-refractivity contribution is -0.140. The molecule has 18 heavy (non-hydrogen) atoms. The summed E-state index contributed by atoms with van der Waals surface area (Å²) in [5.74, 6) is -1.30. The number of nitrogens with zero attached hydrogens (tertiary/aromatic N) is 1. The van der Waals surface area contributed by atoms with Gasteiger partial charge in [0.05, 0.1) is 19.3 Å². The van der Waals surface area contributed by atoms with E-state index in [0.29, 0.717) is 0 Å². The van der Waals surface area contributed by atoms with Crippen molar-refractivity contribution >= 4 is 12.0 Å². The molecule has 0 rings (SSSR count). The number of likely N-dealkylation sites (N-methyl/N-ethyl adjacent to an activating group) is 1. The quantitative estimate of drug-likeness (QED) is 0.587. The van der Waals surface area contributed by atoms with Crippen LogP contribution in [0, 0.1) is 5.92 Å². The standard InChI is InChI=1S/C11H22N2O5/c1-7(2)9(10(15)16)12-11(17)13(3)5-8(14)6-18-4/h7-9,14H,5-6H2,1-4H3,(H,12,17)(H,15,16)/t8?,9-/m0/s1. The third-order valence-electron chi connectivity index (χ3n) is 2.40. The highest BCUT2D eigenvalue weighted by molar-refractivity contribution is 5.82. The van der Waals surface area contributed by atoms with E-state index >= 15 is 0 Å². The number of carbonyl (C=O) groups is 2. The molecule has 0 saturated heterocycles. The molecule has 0 saturated carbocycles. The summed E-state index contributed by atoms with van der Waals surface area (Å²) in [6, 6.07) is -1.48. The van der Waals surface area contributed by atoms with E-state index < -0.39 is 24.1 Å². The molecule has 0 aromatic carbocycles. The van der Waals surface area contributed by atoms with Crippen molar-refractivity contribution in [3.8, 4) is 0 Å². The molecule has 106 valence electrons. The number of carboxylic acid groups (broad SMARTS) is 1. The largest absolute Gasteiger partial charge is 0.480 e. The van der Waals surface area contributed by atoms with Crippen LogP contribution in [0.2, 0.25) is 0 Å². The number of ether oxygens (including phenoxy) is 1. The number of nitrogens with one attached hydrogen (secondary N) is 1. The number of hydrogen-bond acceptors (Lipinski definition) is 4. The average Bonchev–Trinajstić information content (AvgIpc) is 2.24. The maximum absolute atomic E-state index is 11.7. The number of rotatable bonds is 7. The van der Waals surface area contributed by atoms with Crippen molar-refractivity contribution < 1.29 is 24.5 Å². The van der Waals surface area contributed by atoms with Crippen molar-refractivity contribution in [1.82, 2.24) is 10.2 Å². The second-order valence-electron chi connectivity index (χ2n) is 4.50. The van der Waals surface area contributed by atoms with Gasteiger partial charge in [-0.05, 0) is 5.92 Å². The molecule has 7 heteroatoms. The normalized spacial score (nSPS) is 14.1. The van der Waals surface area contributed by atoms with E-state index in [-0.39, 0.29) is 19.1 Å². The molecule has 0 heterocycles. The van der Waals surface area contributed by atoms with Crippen LogP contribution in [0.4, 0.5) is 4.79 Å². The zero-order valence-electron chi connectivity index (χ0n) is 11.2. The summed E-state index contributed by atoms with van der Waals surface area (Å²) in [4.78, 5) is 23.8. The van der Waals surface area contributed by atoms with E-state index in [0.717, 1.165) is 0 Å². The molecule has 0 bridgehead atoms. The number of aliphatic hydroxyl groups excluding tert-OH is 1. The van der Waals surface area contributed by atoms with Crippen LogP contribution in [0.3, 0.4) is 0 Å². The average molecular weight is 262 g/mol. The summed E-state index contributed by atoms with van der Waals surface area (Å²) in [6.07, 6.45) is -0.798. The van der Waals surface area contributed by atoms with Crippen molar-refractivity contribution in [2.45, 2.75) is 26.0 Å². The van der Waals surface area contributed by atoms with Crippen LogP contribution in [0.1, 0.15) is 13.8 Å². The minimum absolute atomic E-state index is 0.0735. The summed E-state index contributed by atoms with van der Waals surface area (Å²) >= 11 is 0. The van der Waals surface area contributed by atoms with Crippen molar-refractivity contribution in [1.29, 1.82) is 0 Å². The first kappa shape index (κ1) is 16.7. The summed E-state index contributed by atoms with van der Waals surface area (Å²) in [5, 5.41) is 20.8. The van der Waals surface area contributed by atoms with Gasteiger partial charge in [0.15, 0.2) is 0 Å². The molecule has 3 N–H and O–H groups in total. The predicted octanol–water partition coefficient (Wildman–Crippen LogP) is -0.256. The fraction of sp³-hybridized carbons (Fsp3) is 0.818. The Kier molecular flexibility index (Phi) is 7.30. The van der Waals surface area contributed by atoms with Crippen LogP contribution in [0.15, 0.2) is 0 Å². The molecule has 0 aromatic rings. The van der Waals surface area contributed by atoms with E-state index in [1.165, 1.54) is 19.1 Å². The smallest absolute Gasteiger partial charge is 0.326 e. The van der Waals surface area contributed by atoms with Crippen molar-refractivity contribution in [2.24, 2.45) is 5.92 Å². The number of hydrogen-bond donors (Lipinski definition) is 3. The van der Waals surface area contributed by atoms with Gasteiger partial charge in [-0.1, -0.05) is 13.8 Å². The molecule has 0 radical (unpaired) electrons. The Bertz CT molecular complexity index is 283. The van der Waals surface area contributed by atoms with E-state index in [1.807, 2.05) is 0 Å². The first-order valence-corrected chi connectivity index (χ1v) is 5.71. The number of urea groups is 1. The van der Waals surface area contributed by atoms with Gasteiger partial charge < -0.3 is 25.2 Å². The second-order valence-corrected chi connectivity index (χ2v) is 4.50. The van der Waals surface area contributed by atoms with Crippen molar-refractivity contribution in [2.75, 3.05) is 27.3 Å². The Morgan fingerprint density at radius 2 is 1.94 bits per heavy atom. The van der Waals surface area contributed by atoms with Gasteiger partial charge in [0.1, 0.15) is 6.04 Å². The third-order valence-corrected chi connectivity index (χ3v) is 2.40. The zero-order valence-corrected chi connectivity index (χ0v) is 11.2. The molecule has 2 atom stereocenters. The molecule has 0 aliphatic heterocycles. The Hall–Kier alpha value is -1.34. The molecular weight excluding hydrogens is 240 g/mol. The lowest BCUT2D eigenvalue weighted by Crippen LogP contribution is -2.50. The minimum atomic E-state index is -1.08. The highest BCUT2D eigenvalue weighted by Gasteiger charge is 2.25. The van der Waals surface area contributed by atoms with Gasteiger partial charge >= 0.3 is 12.0 Å². The van der Waals surface area contributed by atoms with Gasteiger partial charge in [-0.3, -0.25) is 0 Å². The summed E-state index contributed by atoms with van der Waals surface area (Å²) in [6.45, 7) is 3.60. The molecular formula is C11H22N2O5. The van der Waals surface area contributed by atoms with Crippen molar-refractivity contribution in [3.05, 3.63) is 0 Å². The summed E-state index contributed by atoms with van der Waals surface area (Å²) in [7, 11) is 2.93. The predicted molar refractivity (Wildman–Crippen MR) is 65.3 cm³/mol. The maximum atomic E-state index is 11.7. The Labute approximate surface area is 107 Å². The highest BCUT2D eigenvalue weighted by Crippen LogP contribution is 2.02. The van der Waals surface area contributed by atoms with Gasteiger partial charge in [0.2, 0.25) is 0 Å². The monoisotopic (exact) mass is 262 g/mol. The Balaban J connectivity index is 4.33. The zero-order chi connectivity index (χ0) is 14.3. The summed E-state index contributed by atoms with van der Waals surface area (Å²) < 4.78 is 4.74. The fourth-order valence-electron chi connectivity index (χ4n) is 1.40. The summed E-state index contributed by atoms with van der Waals surface area (Å²) in [5.41, 5.74) is 0. The van der Waals surface area contributed by atoms with Crippen LogP contribution >= 0.6 is 0 Å². The molecule has 0 aliphatic rings. The van der Waals surface area contributed by atoms with Crippen LogP contribution < -0.4 is 5.32 Å². The maximum Gasteiger partial charge on any atom is 0.326 e. The molecule has 7 nitrogen and oxygen atoms in total. The lowest BCUT2D eigenvalue weighted by Gasteiger charge is -2.24. The minimum Gasteiger partial charge on any atom is -0.480 e. The second kappa shape index (κ2) is 7.88. The van der Waals surface area contributed by atoms with Crippen LogP contribution in [0.25, 0.3) is 0 Å². The Morgan fingerprint density at radius 3 is 2.33 bits per heavy atom. The molecule has 0 aromatic heterocycles. The number of amides is 2. The molecule has 0 aliphatic carbocycles. The highest BCUT2D eigenvalue weighted by atomic mass is 16.5. The molecule has 0 fully saturated rings. The van der Waals surface area contributed by atoms with Gasteiger partial charge in [0, 0.05) is 14.2 Å². The van der Waals surface area contributed by atoms with Gasteiger partial charge in [-0.25, -0.2) is 9.59 Å². The Morgan fingerprint density at radius 1 is 1.39 bits per heavy atom. The van der Waals surface area contributed by atoms with Gasteiger partial charge in [-0.2, -0.15) is 0 Å². The number of methoxy groups -OCH3 is 1. The van der Waals surface area contributed by atoms with E-state index in [1.54, 1.807) is 13.8 Å². The van der Waals surface area contributed by atoms with Gasteiger partial charge in [-0.15, -0.1) is 0 Å². The third kappa shape index (κ3) is 5.83. The number of carboxylic acids is 1. The number of aliphatic hydroxyl groups is 1. The SMILES string of the molecule is COCC(O)CN(C)C(=O)N[C@H](C(=O)O)C(C)C. The van der Waals surface area contributed by atoms with Crippen LogP contribution in [-0.2, 0) is 9.53 Å². The molecule has 1 unspecified atom stereocenters. The van der Waals surface area contributed by atoms with Gasteiger partial charge in [0.25, 0.3) is 0 Å². The molecule has 0 spiro atoms. The van der Waals surface area contributed by atoms with Crippen LogP contribution in [0.5, 0.6) is 0 Å². The lowest BCUT2D eigenvalue weighted by atomic mass is 10.1. The van der Waals surface area contributed by atoms with Crippen molar-refractivity contribution in [3.63, 3.8) is 0 Å². The fourth-order valence-corrected chi connectivity index (χ4v) is 1.40. The molecule has 2 amide bonds. The first-order valence-electron chi connectivity index (χ1n) is 5.71.